The fourth-order valence-electron chi connectivity index (χ4n) is 1.53. The highest BCUT2D eigenvalue weighted by atomic mass is 35.5. The fraction of sp³-hybridized carbons (Fsp3) is 0.154. The molecule has 1 heterocycles. The highest BCUT2D eigenvalue weighted by Gasteiger charge is 2.19. The smallest absolute Gasteiger partial charge is 0.357 e. The number of hydrogen-bond acceptors (Lipinski definition) is 6. The van der Waals surface area contributed by atoms with Crippen LogP contribution in [0.3, 0.4) is 0 Å². The summed E-state index contributed by atoms with van der Waals surface area (Å²) in [5.41, 5.74) is 6.45. The van der Waals surface area contributed by atoms with Gasteiger partial charge in [-0.3, -0.25) is 4.79 Å². The maximum Gasteiger partial charge on any atom is 0.357 e. The Hall–Kier alpha value is -1.92. The van der Waals surface area contributed by atoms with Crippen LogP contribution in [0.5, 0.6) is 0 Å². The predicted octanol–water partition coefficient (Wildman–Crippen LogP) is 2.79. The number of nitrogen functional groups attached to an aromatic ring is 1. The molecule has 1 aromatic heterocycles. The second-order valence-corrected chi connectivity index (χ2v) is 5.11. The van der Waals surface area contributed by atoms with Crippen molar-refractivity contribution >= 4 is 40.4 Å². The molecule has 1 aromatic carbocycles. The van der Waals surface area contributed by atoms with Crippen molar-refractivity contribution in [1.29, 1.82) is 0 Å². The molecule has 0 fully saturated rings. The first-order valence-corrected chi connectivity index (χ1v) is 7.01. The van der Waals surface area contributed by atoms with E-state index in [2.05, 4.69) is 4.98 Å². The topological polar surface area (TPSA) is 82.3 Å². The van der Waals surface area contributed by atoms with Crippen molar-refractivity contribution in [2.45, 2.75) is 6.92 Å². The number of thiazole rings is 1. The van der Waals surface area contributed by atoms with Crippen molar-refractivity contribution in [3.8, 4) is 0 Å². The summed E-state index contributed by atoms with van der Waals surface area (Å²) in [6.07, 6.45) is 0. The van der Waals surface area contributed by atoms with Gasteiger partial charge in [0.1, 0.15) is 0 Å². The largest absolute Gasteiger partial charge is 0.461 e. The molecular weight excluding hydrogens is 300 g/mol. The summed E-state index contributed by atoms with van der Waals surface area (Å²) in [7, 11) is 0. The second kappa shape index (κ2) is 6.02. The van der Waals surface area contributed by atoms with Crippen molar-refractivity contribution in [2.24, 2.45) is 0 Å². The molecule has 0 aliphatic rings. The molecular formula is C13H11ClN2O3S. The number of esters is 1. The summed E-state index contributed by atoms with van der Waals surface area (Å²) < 4.78 is 4.82. The van der Waals surface area contributed by atoms with Crippen LogP contribution in [0, 0.1) is 0 Å². The van der Waals surface area contributed by atoms with Crippen LogP contribution >= 0.6 is 22.9 Å². The van der Waals surface area contributed by atoms with Gasteiger partial charge in [-0.1, -0.05) is 11.6 Å². The number of aromatic nitrogens is 1. The number of halogens is 1. The summed E-state index contributed by atoms with van der Waals surface area (Å²) >= 11 is 6.85. The quantitative estimate of drug-likeness (QED) is 0.533. The molecule has 0 amide bonds. The van der Waals surface area contributed by atoms with Crippen molar-refractivity contribution in [1.82, 2.24) is 4.98 Å². The number of ketones is 1. The van der Waals surface area contributed by atoms with Gasteiger partial charge in [0, 0.05) is 21.7 Å². The number of rotatable bonds is 4. The first kappa shape index (κ1) is 14.5. The Bertz CT molecular complexity index is 669. The third-order valence-electron chi connectivity index (χ3n) is 2.44. The molecule has 0 saturated heterocycles. The number of hydrogen-bond donors (Lipinski definition) is 1. The minimum atomic E-state index is -0.549. The standard InChI is InChI=1S/C13H11ClN2O3S/c1-2-19-13(18)10-6-20-12(16-10)11(17)8-4-3-7(14)5-9(8)15/h3-6H,2,15H2,1H3. The van der Waals surface area contributed by atoms with Gasteiger partial charge in [-0.2, -0.15) is 0 Å². The zero-order chi connectivity index (χ0) is 14.7. The summed E-state index contributed by atoms with van der Waals surface area (Å²) in [5, 5.41) is 2.12. The minimum Gasteiger partial charge on any atom is -0.461 e. The second-order valence-electron chi connectivity index (χ2n) is 3.82. The van der Waals surface area contributed by atoms with Gasteiger partial charge in [-0.05, 0) is 25.1 Å². The van der Waals surface area contributed by atoms with Gasteiger partial charge < -0.3 is 10.5 Å². The number of nitrogens with zero attached hydrogens (tertiary/aromatic N) is 1. The Morgan fingerprint density at radius 1 is 1.45 bits per heavy atom. The van der Waals surface area contributed by atoms with Crippen LogP contribution in [0.1, 0.15) is 32.8 Å². The maximum absolute atomic E-state index is 12.2. The molecule has 0 saturated carbocycles. The van der Waals surface area contributed by atoms with Gasteiger partial charge >= 0.3 is 5.97 Å². The van der Waals surface area contributed by atoms with E-state index in [1.807, 2.05) is 0 Å². The highest BCUT2D eigenvalue weighted by molar-refractivity contribution is 7.12. The van der Waals surface area contributed by atoms with Gasteiger partial charge in [0.05, 0.1) is 6.61 Å². The molecule has 0 atom stereocenters. The third-order valence-corrected chi connectivity index (χ3v) is 3.52. The molecule has 5 nitrogen and oxygen atoms in total. The Morgan fingerprint density at radius 2 is 2.20 bits per heavy atom. The van der Waals surface area contributed by atoms with E-state index in [0.717, 1.165) is 11.3 Å². The van der Waals surface area contributed by atoms with Crippen molar-refractivity contribution < 1.29 is 14.3 Å². The van der Waals surface area contributed by atoms with Crippen molar-refractivity contribution in [2.75, 3.05) is 12.3 Å². The lowest BCUT2D eigenvalue weighted by molar-refractivity contribution is 0.0520. The van der Waals surface area contributed by atoms with Crippen LogP contribution in [0.15, 0.2) is 23.6 Å². The van der Waals surface area contributed by atoms with Crippen LogP contribution in [0.4, 0.5) is 5.69 Å². The normalized spacial score (nSPS) is 10.3. The first-order chi connectivity index (χ1) is 9.52. The Labute approximate surface area is 124 Å². The average Bonchev–Trinajstić information content (AvgIpc) is 2.88. The third kappa shape index (κ3) is 2.97. The van der Waals surface area contributed by atoms with Crippen LogP contribution < -0.4 is 5.73 Å². The number of benzene rings is 1. The Kier molecular flexibility index (Phi) is 4.36. The van der Waals surface area contributed by atoms with Gasteiger partial charge in [-0.25, -0.2) is 9.78 Å². The van der Waals surface area contributed by atoms with Crippen molar-refractivity contribution in [3.05, 3.63) is 44.9 Å². The van der Waals surface area contributed by atoms with Crippen LogP contribution in [0.25, 0.3) is 0 Å². The molecule has 0 aliphatic heterocycles. The molecule has 2 N–H and O–H groups in total. The minimum absolute atomic E-state index is 0.118. The molecule has 2 rings (SSSR count). The van der Waals surface area contributed by atoms with E-state index in [1.165, 1.54) is 17.5 Å². The van der Waals surface area contributed by atoms with Gasteiger partial charge in [0.25, 0.3) is 0 Å². The lowest BCUT2D eigenvalue weighted by atomic mass is 10.1. The lowest BCUT2D eigenvalue weighted by Crippen LogP contribution is -2.08. The van der Waals surface area contributed by atoms with E-state index in [9.17, 15) is 9.59 Å². The van der Waals surface area contributed by atoms with Crippen LogP contribution in [0.2, 0.25) is 5.02 Å². The average molecular weight is 311 g/mol. The van der Waals surface area contributed by atoms with Gasteiger partial charge in [0.15, 0.2) is 10.7 Å². The van der Waals surface area contributed by atoms with Gasteiger partial charge in [0.2, 0.25) is 5.78 Å². The molecule has 0 spiro atoms. The summed E-state index contributed by atoms with van der Waals surface area (Å²) in [6.45, 7) is 1.95. The molecule has 0 unspecified atom stereocenters. The molecule has 0 bridgehead atoms. The molecule has 0 aliphatic carbocycles. The van der Waals surface area contributed by atoms with Gasteiger partial charge in [-0.15, -0.1) is 11.3 Å². The van der Waals surface area contributed by atoms with Crippen molar-refractivity contribution in [3.63, 3.8) is 0 Å². The number of anilines is 1. The van der Waals surface area contributed by atoms with E-state index < -0.39 is 5.97 Å². The molecule has 0 radical (unpaired) electrons. The zero-order valence-electron chi connectivity index (χ0n) is 10.6. The summed E-state index contributed by atoms with van der Waals surface area (Å²) in [5.74, 6) is -0.897. The summed E-state index contributed by atoms with van der Waals surface area (Å²) in [6, 6.07) is 4.60. The number of nitrogens with two attached hydrogens (primary N) is 1. The zero-order valence-corrected chi connectivity index (χ0v) is 12.1. The molecule has 20 heavy (non-hydrogen) atoms. The molecule has 7 heteroatoms. The lowest BCUT2D eigenvalue weighted by Gasteiger charge is -2.02. The predicted molar refractivity (Wildman–Crippen MR) is 77.4 cm³/mol. The van der Waals surface area contributed by atoms with Crippen LogP contribution in [-0.2, 0) is 4.74 Å². The van der Waals surface area contributed by atoms with E-state index in [0.29, 0.717) is 10.6 Å². The number of ether oxygens (including phenoxy) is 1. The number of carbonyl (C=O) groups excluding carboxylic acids is 2. The monoisotopic (exact) mass is 310 g/mol. The Balaban J connectivity index is 2.28. The van der Waals surface area contributed by atoms with E-state index in [4.69, 9.17) is 22.1 Å². The number of carbonyl (C=O) groups is 2. The first-order valence-electron chi connectivity index (χ1n) is 5.75. The SMILES string of the molecule is CCOC(=O)c1csc(C(=O)c2ccc(Cl)cc2N)n1. The van der Waals surface area contributed by atoms with E-state index in [-0.39, 0.29) is 28.8 Å². The fourth-order valence-corrected chi connectivity index (χ4v) is 2.45. The molecule has 104 valence electrons. The highest BCUT2D eigenvalue weighted by Crippen LogP contribution is 2.22. The van der Waals surface area contributed by atoms with E-state index in [1.54, 1.807) is 13.0 Å². The molecule has 2 aromatic rings. The van der Waals surface area contributed by atoms with E-state index >= 15 is 0 Å². The Morgan fingerprint density at radius 3 is 2.85 bits per heavy atom. The maximum atomic E-state index is 12.2. The summed E-state index contributed by atoms with van der Waals surface area (Å²) in [4.78, 5) is 27.7. The van der Waals surface area contributed by atoms with Crippen LogP contribution in [-0.4, -0.2) is 23.3 Å².